The second-order valence-corrected chi connectivity index (χ2v) is 5.60. The minimum absolute atomic E-state index is 0.236. The van der Waals surface area contributed by atoms with Crippen LogP contribution in [-0.2, 0) is 10.6 Å². The van der Waals surface area contributed by atoms with Gasteiger partial charge in [0.05, 0.1) is 24.6 Å². The van der Waals surface area contributed by atoms with Gasteiger partial charge in [-0.2, -0.15) is 0 Å². The predicted molar refractivity (Wildman–Crippen MR) is 73.7 cm³/mol. The van der Waals surface area contributed by atoms with Crippen LogP contribution in [-0.4, -0.2) is 30.3 Å². The molecule has 2 heterocycles. The van der Waals surface area contributed by atoms with Gasteiger partial charge < -0.3 is 9.64 Å². The summed E-state index contributed by atoms with van der Waals surface area (Å²) in [4.78, 5) is 6.77. The van der Waals surface area contributed by atoms with Crippen LogP contribution < -0.4 is 4.90 Å². The zero-order valence-electron chi connectivity index (χ0n) is 9.99. The van der Waals surface area contributed by atoms with Gasteiger partial charge in [0.25, 0.3) is 0 Å². The molecule has 3 nitrogen and oxygen atoms in total. The van der Waals surface area contributed by atoms with Crippen molar-refractivity contribution >= 4 is 33.3 Å². The van der Waals surface area contributed by atoms with E-state index >= 15 is 0 Å². The maximum Gasteiger partial charge on any atom is 0.133 e. The molecule has 5 heteroatoms. The minimum Gasteiger partial charge on any atom is -0.375 e. The Balaban J connectivity index is 2.31. The number of halogens is 2. The van der Waals surface area contributed by atoms with E-state index in [1.165, 1.54) is 0 Å². The summed E-state index contributed by atoms with van der Waals surface area (Å²) >= 11 is 9.41. The molecule has 1 aliphatic heterocycles. The zero-order chi connectivity index (χ0) is 12.4. The lowest BCUT2D eigenvalue weighted by Crippen LogP contribution is -2.48. The molecule has 0 N–H and O–H groups in total. The number of hydrogen-bond acceptors (Lipinski definition) is 3. The summed E-state index contributed by atoms with van der Waals surface area (Å²) in [6, 6.07) is 2.36. The number of anilines is 1. The molecule has 1 fully saturated rings. The fourth-order valence-corrected chi connectivity index (χ4v) is 2.60. The molecule has 0 spiro atoms. The molecule has 1 saturated heterocycles. The van der Waals surface area contributed by atoms with Gasteiger partial charge in [0.1, 0.15) is 5.82 Å². The zero-order valence-corrected chi connectivity index (χ0v) is 12.3. The molecule has 0 radical (unpaired) electrons. The molecule has 2 unspecified atom stereocenters. The van der Waals surface area contributed by atoms with Gasteiger partial charge in [-0.1, -0.05) is 0 Å². The Morgan fingerprint density at radius 1 is 1.59 bits per heavy atom. The third kappa shape index (κ3) is 2.92. The number of morpholine rings is 1. The average molecular weight is 320 g/mol. The lowest BCUT2D eigenvalue weighted by Gasteiger charge is -2.38. The normalized spacial score (nSPS) is 25.1. The van der Waals surface area contributed by atoms with E-state index in [0.29, 0.717) is 11.9 Å². The van der Waals surface area contributed by atoms with E-state index in [4.69, 9.17) is 16.3 Å². The number of rotatable bonds is 2. The maximum absolute atomic E-state index is 5.99. The van der Waals surface area contributed by atoms with Crippen molar-refractivity contribution in [3.63, 3.8) is 0 Å². The molecule has 0 aromatic carbocycles. The van der Waals surface area contributed by atoms with Crippen molar-refractivity contribution < 1.29 is 4.74 Å². The van der Waals surface area contributed by atoms with Crippen molar-refractivity contribution in [3.05, 3.63) is 22.3 Å². The van der Waals surface area contributed by atoms with Crippen molar-refractivity contribution in [2.24, 2.45) is 0 Å². The number of hydrogen-bond donors (Lipinski definition) is 0. The predicted octanol–water partition coefficient (Wildman–Crippen LogP) is 3.20. The Hall–Kier alpha value is -0.320. The van der Waals surface area contributed by atoms with Crippen molar-refractivity contribution in [1.29, 1.82) is 0 Å². The highest BCUT2D eigenvalue weighted by Crippen LogP contribution is 2.27. The molecule has 1 aliphatic rings. The largest absolute Gasteiger partial charge is 0.375 e. The second-order valence-electron chi connectivity index (χ2n) is 4.42. The van der Waals surface area contributed by atoms with E-state index in [1.807, 2.05) is 12.3 Å². The molecule has 2 atom stereocenters. The topological polar surface area (TPSA) is 25.4 Å². The molecule has 0 saturated carbocycles. The lowest BCUT2D eigenvalue weighted by molar-refractivity contribution is 0.0340. The van der Waals surface area contributed by atoms with E-state index in [1.54, 1.807) is 0 Å². The average Bonchev–Trinajstić information content (AvgIpc) is 2.32. The van der Waals surface area contributed by atoms with Crippen LogP contribution in [0.3, 0.4) is 0 Å². The Morgan fingerprint density at radius 2 is 2.35 bits per heavy atom. The van der Waals surface area contributed by atoms with Crippen molar-refractivity contribution in [2.45, 2.75) is 31.9 Å². The molecule has 2 rings (SSSR count). The van der Waals surface area contributed by atoms with Gasteiger partial charge in [-0.25, -0.2) is 4.98 Å². The van der Waals surface area contributed by atoms with Gasteiger partial charge in [-0.3, -0.25) is 0 Å². The number of nitrogens with zero attached hydrogens (tertiary/aromatic N) is 2. The molecular weight excluding hydrogens is 304 g/mol. The summed E-state index contributed by atoms with van der Waals surface area (Å²) < 4.78 is 6.59. The number of pyridine rings is 1. The summed E-state index contributed by atoms with van der Waals surface area (Å²) in [5.41, 5.74) is 1.06. The SMILES string of the molecule is CC1CN(c2ncc(Br)cc2CCl)C(C)CO1. The fraction of sp³-hybridized carbons (Fsp3) is 0.583. The molecule has 17 heavy (non-hydrogen) atoms. The van der Waals surface area contributed by atoms with Gasteiger partial charge in [0.2, 0.25) is 0 Å². The highest BCUT2D eigenvalue weighted by Gasteiger charge is 2.26. The Bertz CT molecular complexity index is 402. The van der Waals surface area contributed by atoms with Crippen molar-refractivity contribution in [3.8, 4) is 0 Å². The Kier molecular flexibility index (Phi) is 4.28. The van der Waals surface area contributed by atoms with E-state index in [0.717, 1.165) is 29.0 Å². The summed E-state index contributed by atoms with van der Waals surface area (Å²) in [5.74, 6) is 1.45. The minimum atomic E-state index is 0.236. The molecule has 0 aliphatic carbocycles. The van der Waals surface area contributed by atoms with E-state index in [-0.39, 0.29) is 6.10 Å². The Labute approximate surface area is 115 Å². The van der Waals surface area contributed by atoms with Crippen LogP contribution in [0.1, 0.15) is 19.4 Å². The Morgan fingerprint density at radius 3 is 3.06 bits per heavy atom. The maximum atomic E-state index is 5.99. The number of aromatic nitrogens is 1. The summed E-state index contributed by atoms with van der Waals surface area (Å²) in [7, 11) is 0. The van der Waals surface area contributed by atoms with Crippen LogP contribution in [0.5, 0.6) is 0 Å². The molecular formula is C12H16BrClN2O. The first-order chi connectivity index (χ1) is 8.11. The van der Waals surface area contributed by atoms with E-state index in [2.05, 4.69) is 39.7 Å². The molecule has 1 aromatic rings. The van der Waals surface area contributed by atoms with Gasteiger partial charge >= 0.3 is 0 Å². The summed E-state index contributed by atoms with van der Waals surface area (Å²) in [6.07, 6.45) is 2.05. The quantitative estimate of drug-likeness (QED) is 0.783. The monoisotopic (exact) mass is 318 g/mol. The first-order valence-electron chi connectivity index (χ1n) is 5.70. The van der Waals surface area contributed by atoms with Gasteiger partial charge in [0, 0.05) is 22.8 Å². The van der Waals surface area contributed by atoms with E-state index in [9.17, 15) is 0 Å². The van der Waals surface area contributed by atoms with Gasteiger partial charge in [-0.15, -0.1) is 11.6 Å². The number of ether oxygens (including phenoxy) is 1. The molecule has 0 bridgehead atoms. The van der Waals surface area contributed by atoms with Crippen LogP contribution >= 0.6 is 27.5 Å². The van der Waals surface area contributed by atoms with Crippen LogP contribution in [0, 0.1) is 0 Å². The van der Waals surface area contributed by atoms with Crippen LogP contribution in [0.25, 0.3) is 0 Å². The van der Waals surface area contributed by atoms with Crippen LogP contribution in [0.2, 0.25) is 0 Å². The molecule has 94 valence electrons. The standard InChI is InChI=1S/C12H16BrClN2O/c1-8-7-17-9(2)6-16(8)12-10(4-14)3-11(13)5-15-12/h3,5,8-9H,4,6-7H2,1-2H3. The highest BCUT2D eigenvalue weighted by molar-refractivity contribution is 9.10. The first kappa shape index (κ1) is 13.1. The van der Waals surface area contributed by atoms with Crippen LogP contribution in [0.15, 0.2) is 16.7 Å². The third-order valence-corrected chi connectivity index (χ3v) is 3.65. The smallest absolute Gasteiger partial charge is 0.133 e. The summed E-state index contributed by atoms with van der Waals surface area (Å²) in [5, 5.41) is 0. The van der Waals surface area contributed by atoms with Gasteiger partial charge in [0.15, 0.2) is 0 Å². The highest BCUT2D eigenvalue weighted by atomic mass is 79.9. The van der Waals surface area contributed by atoms with Crippen molar-refractivity contribution in [1.82, 2.24) is 4.98 Å². The second kappa shape index (κ2) is 5.55. The molecule has 0 amide bonds. The summed E-state index contributed by atoms with van der Waals surface area (Å²) in [6.45, 7) is 5.83. The van der Waals surface area contributed by atoms with E-state index < -0.39 is 0 Å². The fourth-order valence-electron chi connectivity index (χ4n) is 2.03. The first-order valence-corrected chi connectivity index (χ1v) is 7.03. The van der Waals surface area contributed by atoms with Crippen molar-refractivity contribution in [2.75, 3.05) is 18.1 Å². The lowest BCUT2D eigenvalue weighted by atomic mass is 10.1. The van der Waals surface area contributed by atoms with Gasteiger partial charge in [-0.05, 0) is 35.8 Å². The third-order valence-electron chi connectivity index (χ3n) is 2.93. The molecule has 1 aromatic heterocycles. The number of alkyl halides is 1. The van der Waals surface area contributed by atoms with Crippen LogP contribution in [0.4, 0.5) is 5.82 Å².